The molecule has 88 valence electrons. The number of amides is 1. The Hall–Kier alpha value is -1.47. The van der Waals surface area contributed by atoms with Crippen LogP contribution in [0.1, 0.15) is 28.8 Å². The molecule has 1 N–H and O–H groups in total. The Kier molecular flexibility index (Phi) is 4.05. The first-order chi connectivity index (χ1) is 8.29. The molecule has 0 aliphatic carbocycles. The minimum absolute atomic E-state index is 0.0704. The van der Waals surface area contributed by atoms with Crippen molar-refractivity contribution in [2.45, 2.75) is 18.9 Å². The van der Waals surface area contributed by atoms with Gasteiger partial charge in [-0.15, -0.1) is 0 Å². The van der Waals surface area contributed by atoms with Crippen LogP contribution >= 0.6 is 11.8 Å². The molecule has 0 aromatic heterocycles. The number of nitrogens with one attached hydrogen (secondary N) is 1. The second-order valence-electron chi connectivity index (χ2n) is 4.05. The molecule has 0 spiro atoms. The second kappa shape index (κ2) is 5.74. The lowest BCUT2D eigenvalue weighted by Gasteiger charge is -2.22. The van der Waals surface area contributed by atoms with E-state index in [0.717, 1.165) is 24.3 Å². The summed E-state index contributed by atoms with van der Waals surface area (Å²) in [6, 6.07) is 9.15. The van der Waals surface area contributed by atoms with Gasteiger partial charge < -0.3 is 5.32 Å². The molecule has 1 aliphatic rings. The van der Waals surface area contributed by atoms with E-state index in [1.54, 1.807) is 24.3 Å². The van der Waals surface area contributed by atoms with Crippen LogP contribution in [-0.2, 0) is 0 Å². The Labute approximate surface area is 105 Å². The zero-order valence-corrected chi connectivity index (χ0v) is 10.3. The Balaban J connectivity index is 2.01. The number of rotatable bonds is 2. The topological polar surface area (TPSA) is 52.9 Å². The number of benzene rings is 1. The molecule has 0 bridgehead atoms. The van der Waals surface area contributed by atoms with Crippen LogP contribution in [0.5, 0.6) is 0 Å². The first-order valence-corrected chi connectivity index (χ1v) is 6.84. The highest BCUT2D eigenvalue weighted by Crippen LogP contribution is 2.17. The zero-order valence-electron chi connectivity index (χ0n) is 9.48. The highest BCUT2D eigenvalue weighted by Gasteiger charge is 2.16. The maximum Gasteiger partial charge on any atom is 0.251 e. The van der Waals surface area contributed by atoms with Gasteiger partial charge in [-0.2, -0.15) is 17.0 Å². The predicted molar refractivity (Wildman–Crippen MR) is 69.0 cm³/mol. The monoisotopic (exact) mass is 246 g/mol. The smallest absolute Gasteiger partial charge is 0.251 e. The van der Waals surface area contributed by atoms with Crippen molar-refractivity contribution < 1.29 is 4.79 Å². The van der Waals surface area contributed by atoms with Gasteiger partial charge in [-0.1, -0.05) is 6.07 Å². The lowest BCUT2D eigenvalue weighted by Crippen LogP contribution is -2.37. The quantitative estimate of drug-likeness (QED) is 0.870. The number of hydrogen-bond acceptors (Lipinski definition) is 3. The van der Waals surface area contributed by atoms with Crippen molar-refractivity contribution in [2.75, 3.05) is 11.5 Å². The van der Waals surface area contributed by atoms with E-state index in [2.05, 4.69) is 5.32 Å². The number of carbonyl (C=O) groups excluding carboxylic acids is 1. The number of thioether (sulfide) groups is 1. The summed E-state index contributed by atoms with van der Waals surface area (Å²) in [5.41, 5.74) is 1.10. The summed E-state index contributed by atoms with van der Waals surface area (Å²) in [6.07, 6.45) is 2.07. The normalized spacial score (nSPS) is 16.2. The number of nitriles is 1. The minimum atomic E-state index is -0.0704. The Morgan fingerprint density at radius 1 is 1.41 bits per heavy atom. The average Bonchev–Trinajstić information content (AvgIpc) is 2.40. The van der Waals surface area contributed by atoms with E-state index in [4.69, 9.17) is 5.26 Å². The molecule has 1 aliphatic heterocycles. The van der Waals surface area contributed by atoms with Crippen LogP contribution < -0.4 is 5.32 Å². The minimum Gasteiger partial charge on any atom is -0.349 e. The van der Waals surface area contributed by atoms with Gasteiger partial charge in [0.2, 0.25) is 0 Å². The Morgan fingerprint density at radius 2 is 2.18 bits per heavy atom. The number of carbonyl (C=O) groups is 1. The zero-order chi connectivity index (χ0) is 12.1. The molecule has 1 saturated heterocycles. The Morgan fingerprint density at radius 3 is 2.88 bits per heavy atom. The fraction of sp³-hybridized carbons (Fsp3) is 0.385. The molecule has 0 radical (unpaired) electrons. The van der Waals surface area contributed by atoms with Gasteiger partial charge in [-0.05, 0) is 42.5 Å². The highest BCUT2D eigenvalue weighted by atomic mass is 32.2. The summed E-state index contributed by atoms with van der Waals surface area (Å²) in [4.78, 5) is 12.0. The molecule has 2 rings (SSSR count). The van der Waals surface area contributed by atoms with Gasteiger partial charge in [-0.25, -0.2) is 0 Å². The van der Waals surface area contributed by atoms with Crippen molar-refractivity contribution in [1.29, 1.82) is 5.26 Å². The third kappa shape index (κ3) is 3.24. The van der Waals surface area contributed by atoms with Crippen molar-refractivity contribution in [3.63, 3.8) is 0 Å². The van der Waals surface area contributed by atoms with Gasteiger partial charge in [0.05, 0.1) is 11.6 Å². The predicted octanol–water partition coefficient (Wildman–Crippen LogP) is 2.18. The van der Waals surface area contributed by atoms with Gasteiger partial charge in [0.25, 0.3) is 5.91 Å². The molecule has 1 fully saturated rings. The molecule has 1 heterocycles. The molecule has 3 nitrogen and oxygen atoms in total. The molecule has 1 amide bonds. The van der Waals surface area contributed by atoms with Crippen molar-refractivity contribution in [2.24, 2.45) is 0 Å². The van der Waals surface area contributed by atoms with Crippen molar-refractivity contribution in [1.82, 2.24) is 5.32 Å². The van der Waals surface area contributed by atoms with E-state index in [-0.39, 0.29) is 11.9 Å². The number of nitrogens with zero attached hydrogens (tertiary/aromatic N) is 1. The maximum atomic E-state index is 12.0. The van der Waals surface area contributed by atoms with Crippen LogP contribution in [0.2, 0.25) is 0 Å². The molecular weight excluding hydrogens is 232 g/mol. The van der Waals surface area contributed by atoms with Gasteiger partial charge in [0, 0.05) is 11.6 Å². The fourth-order valence-electron chi connectivity index (χ4n) is 1.84. The van der Waals surface area contributed by atoms with Crippen LogP contribution in [-0.4, -0.2) is 23.5 Å². The summed E-state index contributed by atoms with van der Waals surface area (Å²) < 4.78 is 0. The van der Waals surface area contributed by atoms with Gasteiger partial charge in [0.15, 0.2) is 0 Å². The molecule has 0 saturated carbocycles. The summed E-state index contributed by atoms with van der Waals surface area (Å²) in [5, 5.41) is 11.8. The first-order valence-electron chi connectivity index (χ1n) is 5.68. The SMILES string of the molecule is N#Cc1cccc(C(=O)NC2CCSCC2)c1. The average molecular weight is 246 g/mol. The molecule has 17 heavy (non-hydrogen) atoms. The third-order valence-electron chi connectivity index (χ3n) is 2.81. The summed E-state index contributed by atoms with van der Waals surface area (Å²) in [6.45, 7) is 0. The first kappa shape index (κ1) is 12.0. The molecule has 4 heteroatoms. The molecular formula is C13H14N2OS. The van der Waals surface area contributed by atoms with E-state index >= 15 is 0 Å². The third-order valence-corrected chi connectivity index (χ3v) is 3.86. The van der Waals surface area contributed by atoms with E-state index in [1.807, 2.05) is 17.8 Å². The van der Waals surface area contributed by atoms with E-state index in [0.29, 0.717) is 11.1 Å². The van der Waals surface area contributed by atoms with Crippen LogP contribution in [0, 0.1) is 11.3 Å². The lowest BCUT2D eigenvalue weighted by molar-refractivity contribution is 0.0935. The van der Waals surface area contributed by atoms with Crippen LogP contribution in [0.3, 0.4) is 0 Å². The van der Waals surface area contributed by atoms with Gasteiger partial charge in [-0.3, -0.25) is 4.79 Å². The molecule has 0 unspecified atom stereocenters. The molecule has 1 aromatic rings. The molecule has 1 aromatic carbocycles. The van der Waals surface area contributed by atoms with Crippen molar-refractivity contribution in [3.8, 4) is 6.07 Å². The van der Waals surface area contributed by atoms with Crippen LogP contribution in [0.15, 0.2) is 24.3 Å². The number of hydrogen-bond donors (Lipinski definition) is 1. The maximum absolute atomic E-state index is 12.0. The summed E-state index contributed by atoms with van der Waals surface area (Å²) in [5.74, 6) is 2.16. The standard InChI is InChI=1S/C13H14N2OS/c14-9-10-2-1-3-11(8-10)13(16)15-12-4-6-17-7-5-12/h1-3,8,12H,4-7H2,(H,15,16). The summed E-state index contributed by atoms with van der Waals surface area (Å²) >= 11 is 1.93. The second-order valence-corrected chi connectivity index (χ2v) is 5.28. The van der Waals surface area contributed by atoms with E-state index in [1.165, 1.54) is 0 Å². The lowest BCUT2D eigenvalue weighted by atomic mass is 10.1. The van der Waals surface area contributed by atoms with E-state index in [9.17, 15) is 4.79 Å². The van der Waals surface area contributed by atoms with Crippen molar-refractivity contribution in [3.05, 3.63) is 35.4 Å². The molecule has 0 atom stereocenters. The van der Waals surface area contributed by atoms with Crippen LogP contribution in [0.4, 0.5) is 0 Å². The fourth-order valence-corrected chi connectivity index (χ4v) is 2.95. The Bertz CT molecular complexity index is 447. The van der Waals surface area contributed by atoms with Gasteiger partial charge >= 0.3 is 0 Å². The summed E-state index contributed by atoms with van der Waals surface area (Å²) in [7, 11) is 0. The van der Waals surface area contributed by atoms with Crippen molar-refractivity contribution >= 4 is 17.7 Å². The highest BCUT2D eigenvalue weighted by molar-refractivity contribution is 7.99. The van der Waals surface area contributed by atoms with E-state index < -0.39 is 0 Å². The van der Waals surface area contributed by atoms with Crippen LogP contribution in [0.25, 0.3) is 0 Å². The largest absolute Gasteiger partial charge is 0.349 e. The van der Waals surface area contributed by atoms with Gasteiger partial charge in [0.1, 0.15) is 0 Å².